The summed E-state index contributed by atoms with van der Waals surface area (Å²) in [5, 5.41) is 0. The van der Waals surface area contributed by atoms with E-state index in [1.807, 2.05) is 24.3 Å². The molecule has 1 aliphatic heterocycles. The number of rotatable bonds is 26. The molecule has 0 radical (unpaired) electrons. The Labute approximate surface area is 363 Å². The lowest BCUT2D eigenvalue weighted by atomic mass is 9.77. The predicted molar refractivity (Wildman–Crippen MR) is 226 cm³/mol. The first-order chi connectivity index (χ1) is 28.3. The molecule has 0 saturated carbocycles. The van der Waals surface area contributed by atoms with E-state index in [1.54, 1.807) is 75.0 Å². The number of fused-ring (bicyclic) bond motifs is 3. The summed E-state index contributed by atoms with van der Waals surface area (Å²) in [5.74, 6) is 0.129. The van der Waals surface area contributed by atoms with Crippen LogP contribution >= 0.6 is 54.5 Å². The summed E-state index contributed by atoms with van der Waals surface area (Å²) >= 11 is 10.5. The average Bonchev–Trinajstić information content (AvgIpc) is 3.80. The largest absolute Gasteiger partial charge is 0.490 e. The van der Waals surface area contributed by atoms with Gasteiger partial charge in [-0.25, -0.2) is 9.59 Å². The summed E-state index contributed by atoms with van der Waals surface area (Å²) in [6, 6.07) is 14.6. The number of benzene rings is 2. The minimum Gasteiger partial charge on any atom is -0.490 e. The molecule has 2 aromatic carbocycles. The normalized spacial score (nSPS) is 12.7. The number of hydrogen-bond acceptors (Lipinski definition) is 15. The zero-order valence-corrected chi connectivity index (χ0v) is 37.7. The summed E-state index contributed by atoms with van der Waals surface area (Å²) < 4.78 is 64.4. The third-order valence-corrected chi connectivity index (χ3v) is 12.0. The van der Waals surface area contributed by atoms with E-state index in [-0.39, 0.29) is 50.8 Å². The van der Waals surface area contributed by atoms with Crippen LogP contribution in [-0.2, 0) is 43.5 Å². The number of methoxy groups -OCH3 is 2. The molecular weight excluding hydrogens is 924 g/mol. The van der Waals surface area contributed by atoms with Crippen molar-refractivity contribution in [1.82, 2.24) is 0 Å². The van der Waals surface area contributed by atoms with Crippen LogP contribution in [0.4, 0.5) is 0 Å². The van der Waals surface area contributed by atoms with Gasteiger partial charge in [0, 0.05) is 37.0 Å². The van der Waals surface area contributed by atoms with Gasteiger partial charge < -0.3 is 52.1 Å². The smallest absolute Gasteiger partial charge is 0.341 e. The lowest BCUT2D eigenvalue weighted by molar-refractivity contribution is 0.0177. The van der Waals surface area contributed by atoms with E-state index in [4.69, 9.17) is 52.1 Å². The number of thiophene rings is 2. The Balaban J connectivity index is 1.51. The Kier molecular flexibility index (Phi) is 18.7. The quantitative estimate of drug-likeness (QED) is 0.0443. The van der Waals surface area contributed by atoms with Gasteiger partial charge in [0.25, 0.3) is 0 Å². The topological polar surface area (TPSA) is 136 Å². The van der Waals surface area contributed by atoms with Crippen LogP contribution in [0, 0.1) is 0 Å². The molecule has 3 heterocycles. The molecule has 0 unspecified atom stereocenters. The highest BCUT2D eigenvalue weighted by Crippen LogP contribution is 2.58. The fourth-order valence-electron chi connectivity index (χ4n) is 6.02. The van der Waals surface area contributed by atoms with Gasteiger partial charge in [0.2, 0.25) is 0 Å². The van der Waals surface area contributed by atoms with E-state index >= 15 is 0 Å². The number of hydrogen-bond donors (Lipinski definition) is 0. The average molecular weight is 973 g/mol. The fourth-order valence-corrected chi connectivity index (χ4v) is 9.32. The molecule has 0 aliphatic carbocycles. The maximum atomic E-state index is 13.6. The van der Waals surface area contributed by atoms with Gasteiger partial charge in [-0.15, -0.1) is 22.7 Å². The predicted octanol–water partition coefficient (Wildman–Crippen LogP) is 8.16. The number of esters is 2. The molecule has 1 aliphatic rings. The fraction of sp³-hybridized carbons (Fsp3) is 0.463. The van der Waals surface area contributed by atoms with Crippen molar-refractivity contribution in [2.45, 2.75) is 19.4 Å². The number of ether oxygens (including phenoxy) is 11. The Morgan fingerprint density at radius 1 is 0.586 bits per heavy atom. The second-order valence-electron chi connectivity index (χ2n) is 12.3. The van der Waals surface area contributed by atoms with Crippen LogP contribution in [0.15, 0.2) is 56.1 Å². The lowest BCUT2D eigenvalue weighted by Gasteiger charge is -2.39. The van der Waals surface area contributed by atoms with E-state index in [1.165, 1.54) is 0 Å². The zero-order valence-electron chi connectivity index (χ0n) is 32.9. The first kappa shape index (κ1) is 46.0. The molecule has 13 nitrogen and oxygen atoms in total. The highest BCUT2D eigenvalue weighted by atomic mass is 79.9. The molecule has 0 fully saturated rings. The monoisotopic (exact) mass is 970 g/mol. The standard InChI is InChI=1S/C41H48Br2O13S2/c1-5-52-39(44)29-23-27(7-9-32(29)54-21-19-50-17-15-48-13-11-46-3)41(31-25-35(42)57-37(31)38-34(56-41)26-36(43)58-38)28-8-10-33(30(24-28)40(45)53-6-2)55-22-20-51-18-16-49-14-12-47-4/h7-10,23-26H,5-6,11-22H2,1-4H3. The Hall–Kier alpha value is -3.10. The Morgan fingerprint density at radius 2 is 1.02 bits per heavy atom. The second kappa shape index (κ2) is 23.6. The maximum Gasteiger partial charge on any atom is 0.341 e. The third kappa shape index (κ3) is 11.8. The van der Waals surface area contributed by atoms with Crippen LogP contribution in [-0.4, -0.2) is 119 Å². The molecule has 0 atom stereocenters. The van der Waals surface area contributed by atoms with E-state index in [9.17, 15) is 9.59 Å². The molecule has 0 N–H and O–H groups in total. The van der Waals surface area contributed by atoms with Gasteiger partial charge in [-0.1, -0.05) is 12.1 Å². The van der Waals surface area contributed by atoms with E-state index in [0.717, 1.165) is 22.9 Å². The van der Waals surface area contributed by atoms with Gasteiger partial charge in [0.15, 0.2) is 5.60 Å². The van der Waals surface area contributed by atoms with Gasteiger partial charge in [-0.3, -0.25) is 0 Å². The molecule has 17 heteroatoms. The van der Waals surface area contributed by atoms with Gasteiger partial charge in [-0.2, -0.15) is 0 Å². The summed E-state index contributed by atoms with van der Waals surface area (Å²) in [7, 11) is 3.24. The first-order valence-corrected chi connectivity index (χ1v) is 21.9. The van der Waals surface area contributed by atoms with Gasteiger partial charge in [0.1, 0.15) is 41.6 Å². The van der Waals surface area contributed by atoms with Gasteiger partial charge in [0.05, 0.1) is 96.6 Å². The molecule has 4 aromatic rings. The zero-order chi connectivity index (χ0) is 41.3. The molecule has 58 heavy (non-hydrogen) atoms. The van der Waals surface area contributed by atoms with Crippen molar-refractivity contribution in [3.05, 3.63) is 83.9 Å². The van der Waals surface area contributed by atoms with Crippen LogP contribution in [0.3, 0.4) is 0 Å². The van der Waals surface area contributed by atoms with E-state index in [2.05, 4.69) is 31.9 Å². The number of halogens is 2. The summed E-state index contributed by atoms with van der Waals surface area (Å²) in [4.78, 5) is 29.2. The van der Waals surface area contributed by atoms with Crippen molar-refractivity contribution in [2.24, 2.45) is 0 Å². The van der Waals surface area contributed by atoms with Crippen LogP contribution in [0.1, 0.15) is 51.3 Å². The summed E-state index contributed by atoms with van der Waals surface area (Å²) in [6.45, 7) is 8.28. The van der Waals surface area contributed by atoms with Crippen molar-refractivity contribution >= 4 is 66.5 Å². The minimum atomic E-state index is -1.37. The van der Waals surface area contributed by atoms with Crippen LogP contribution in [0.5, 0.6) is 17.2 Å². The highest BCUT2D eigenvalue weighted by molar-refractivity contribution is 9.11. The Bertz CT molecular complexity index is 1840. The third-order valence-electron chi connectivity index (χ3n) is 8.56. The maximum absolute atomic E-state index is 13.6. The molecular formula is C41H48Br2O13S2. The molecule has 0 bridgehead atoms. The van der Waals surface area contributed by atoms with Crippen molar-refractivity contribution < 1.29 is 61.7 Å². The van der Waals surface area contributed by atoms with Gasteiger partial charge in [-0.05, 0) is 76.0 Å². The molecule has 5 rings (SSSR count). The molecule has 0 amide bonds. The summed E-state index contributed by atoms with van der Waals surface area (Å²) in [5.41, 5.74) is 1.03. The Morgan fingerprint density at radius 3 is 1.48 bits per heavy atom. The van der Waals surface area contributed by atoms with Crippen molar-refractivity contribution in [1.29, 1.82) is 0 Å². The van der Waals surface area contributed by atoms with Crippen LogP contribution in [0.25, 0.3) is 9.75 Å². The van der Waals surface area contributed by atoms with Crippen molar-refractivity contribution in [2.75, 3.05) is 107 Å². The van der Waals surface area contributed by atoms with Crippen molar-refractivity contribution in [3.63, 3.8) is 0 Å². The lowest BCUT2D eigenvalue weighted by Crippen LogP contribution is -2.38. The van der Waals surface area contributed by atoms with Gasteiger partial charge >= 0.3 is 11.9 Å². The second-order valence-corrected chi connectivity index (χ2v) is 17.2. The molecule has 0 spiro atoms. The molecule has 316 valence electrons. The van der Waals surface area contributed by atoms with E-state index in [0.29, 0.717) is 81.2 Å². The minimum absolute atomic E-state index is 0.155. The number of carbonyl (C=O) groups excluding carboxylic acids is 2. The first-order valence-electron chi connectivity index (χ1n) is 18.7. The van der Waals surface area contributed by atoms with Crippen LogP contribution < -0.4 is 14.2 Å². The van der Waals surface area contributed by atoms with Crippen molar-refractivity contribution in [3.8, 4) is 27.0 Å². The SMILES string of the molecule is CCOC(=O)c1cc(C2(c3ccc(OCCOCCOCCOC)c(C(=O)OCC)c3)Oc3cc(Br)sc3-c3sc(Br)cc32)ccc1OCCOCCOCCOC. The number of carbonyl (C=O) groups is 2. The van der Waals surface area contributed by atoms with Crippen LogP contribution in [0.2, 0.25) is 0 Å². The molecule has 2 aromatic heterocycles. The van der Waals surface area contributed by atoms with E-state index < -0.39 is 17.5 Å². The summed E-state index contributed by atoms with van der Waals surface area (Å²) in [6.07, 6.45) is 0. The molecule has 0 saturated heterocycles. The highest BCUT2D eigenvalue weighted by Gasteiger charge is 2.47.